The molecule has 0 bridgehead atoms. The summed E-state index contributed by atoms with van der Waals surface area (Å²) in [6.45, 7) is 8.94. The Morgan fingerprint density at radius 2 is 2.20 bits per heavy atom. The van der Waals surface area contributed by atoms with Crippen LogP contribution in [0.4, 0.5) is 0 Å². The van der Waals surface area contributed by atoms with Crippen LogP contribution >= 0.6 is 0 Å². The van der Waals surface area contributed by atoms with Crippen LogP contribution in [0.25, 0.3) is 0 Å². The standard InChI is InChI=1S/C8H12N2/c1-4-8(9)7(3)6-10-5-2/h4-6H,2-3,9H2,1H3/b8-4-,10-6?. The molecule has 0 aliphatic rings. The van der Waals surface area contributed by atoms with Crippen molar-refractivity contribution in [2.45, 2.75) is 6.92 Å². The smallest absolute Gasteiger partial charge is 0.0354 e. The van der Waals surface area contributed by atoms with Gasteiger partial charge in [0.05, 0.1) is 0 Å². The van der Waals surface area contributed by atoms with E-state index < -0.39 is 0 Å². The molecule has 0 unspecified atom stereocenters. The lowest BCUT2D eigenvalue weighted by atomic mass is 10.2. The molecule has 10 heavy (non-hydrogen) atoms. The third-order valence-corrected chi connectivity index (χ3v) is 1.02. The van der Waals surface area contributed by atoms with Crippen LogP contribution in [0.3, 0.4) is 0 Å². The second kappa shape index (κ2) is 4.56. The zero-order chi connectivity index (χ0) is 7.98. The highest BCUT2D eigenvalue weighted by molar-refractivity contribution is 5.83. The number of nitrogens with zero attached hydrogens (tertiary/aromatic N) is 1. The van der Waals surface area contributed by atoms with Gasteiger partial charge in [-0.15, -0.1) is 0 Å². The van der Waals surface area contributed by atoms with Gasteiger partial charge in [-0.2, -0.15) is 0 Å². The Hall–Kier alpha value is -1.31. The van der Waals surface area contributed by atoms with Crippen LogP contribution in [0.15, 0.2) is 41.7 Å². The van der Waals surface area contributed by atoms with Gasteiger partial charge in [-0.25, -0.2) is 0 Å². The molecule has 0 radical (unpaired) electrons. The van der Waals surface area contributed by atoms with Crippen LogP contribution in [0.5, 0.6) is 0 Å². The molecule has 0 amide bonds. The van der Waals surface area contributed by atoms with Gasteiger partial charge in [0.2, 0.25) is 0 Å². The van der Waals surface area contributed by atoms with Gasteiger partial charge in [0.1, 0.15) is 0 Å². The maximum absolute atomic E-state index is 5.49. The van der Waals surface area contributed by atoms with Gasteiger partial charge in [0.25, 0.3) is 0 Å². The molecule has 0 spiro atoms. The van der Waals surface area contributed by atoms with E-state index in [0.717, 1.165) is 0 Å². The van der Waals surface area contributed by atoms with Crippen LogP contribution in [-0.2, 0) is 0 Å². The zero-order valence-corrected chi connectivity index (χ0v) is 6.17. The molecule has 0 aliphatic carbocycles. The molecule has 0 rings (SSSR count). The van der Waals surface area contributed by atoms with Crippen molar-refractivity contribution < 1.29 is 0 Å². The van der Waals surface area contributed by atoms with E-state index in [0.29, 0.717) is 11.3 Å². The summed E-state index contributed by atoms with van der Waals surface area (Å²) in [6, 6.07) is 0. The molecule has 0 aromatic heterocycles. The fourth-order valence-electron chi connectivity index (χ4n) is 0.403. The lowest BCUT2D eigenvalue weighted by molar-refractivity contribution is 1.36. The lowest BCUT2D eigenvalue weighted by Gasteiger charge is -1.95. The average molecular weight is 136 g/mol. The van der Waals surface area contributed by atoms with Gasteiger partial charge in [-0.3, -0.25) is 4.99 Å². The molecule has 0 fully saturated rings. The molecular weight excluding hydrogens is 124 g/mol. The number of rotatable bonds is 3. The summed E-state index contributed by atoms with van der Waals surface area (Å²) < 4.78 is 0. The van der Waals surface area contributed by atoms with E-state index in [1.165, 1.54) is 6.20 Å². The monoisotopic (exact) mass is 136 g/mol. The first kappa shape index (κ1) is 8.69. The summed E-state index contributed by atoms with van der Waals surface area (Å²) in [6.07, 6.45) is 4.79. The minimum absolute atomic E-state index is 0.644. The fraction of sp³-hybridized carbons (Fsp3) is 0.125. The van der Waals surface area contributed by atoms with E-state index >= 15 is 0 Å². The summed E-state index contributed by atoms with van der Waals surface area (Å²) >= 11 is 0. The molecule has 0 saturated carbocycles. The third-order valence-electron chi connectivity index (χ3n) is 1.02. The van der Waals surface area contributed by atoms with Crippen molar-refractivity contribution in [3.05, 3.63) is 36.7 Å². The summed E-state index contributed by atoms with van der Waals surface area (Å²) in [4.78, 5) is 3.76. The zero-order valence-electron chi connectivity index (χ0n) is 6.17. The van der Waals surface area contributed by atoms with Gasteiger partial charge in [0, 0.05) is 23.7 Å². The first-order valence-corrected chi connectivity index (χ1v) is 2.97. The third kappa shape index (κ3) is 2.87. The van der Waals surface area contributed by atoms with Crippen molar-refractivity contribution >= 4 is 6.21 Å². The van der Waals surface area contributed by atoms with Gasteiger partial charge >= 0.3 is 0 Å². The maximum Gasteiger partial charge on any atom is 0.0354 e. The summed E-state index contributed by atoms with van der Waals surface area (Å²) in [5.74, 6) is 0. The molecule has 0 aromatic carbocycles. The highest BCUT2D eigenvalue weighted by atomic mass is 14.7. The Kier molecular flexibility index (Phi) is 3.96. The average Bonchev–Trinajstić information content (AvgIpc) is 1.98. The number of nitrogens with two attached hydrogens (primary N) is 1. The second-order valence-corrected chi connectivity index (χ2v) is 1.73. The van der Waals surface area contributed by atoms with Gasteiger partial charge in [-0.05, 0) is 6.92 Å². The minimum atomic E-state index is 0.644. The molecule has 54 valence electrons. The highest BCUT2D eigenvalue weighted by Crippen LogP contribution is 1.95. The summed E-state index contributed by atoms with van der Waals surface area (Å²) in [5.41, 5.74) is 6.85. The number of allylic oxidation sites excluding steroid dienone is 2. The molecule has 0 aromatic rings. The Morgan fingerprint density at radius 3 is 2.60 bits per heavy atom. The molecule has 0 aliphatic heterocycles. The molecule has 0 saturated heterocycles. The molecule has 2 N–H and O–H groups in total. The number of hydrogen-bond acceptors (Lipinski definition) is 2. The van der Waals surface area contributed by atoms with Crippen molar-refractivity contribution in [2.75, 3.05) is 0 Å². The van der Waals surface area contributed by atoms with Crippen LogP contribution in [-0.4, -0.2) is 6.21 Å². The quantitative estimate of drug-likeness (QED) is 0.464. The van der Waals surface area contributed by atoms with E-state index in [2.05, 4.69) is 18.2 Å². The predicted molar refractivity (Wildman–Crippen MR) is 45.8 cm³/mol. The molecule has 2 nitrogen and oxygen atoms in total. The predicted octanol–water partition coefficient (Wildman–Crippen LogP) is 1.62. The van der Waals surface area contributed by atoms with Crippen molar-refractivity contribution in [1.82, 2.24) is 0 Å². The van der Waals surface area contributed by atoms with Gasteiger partial charge in [-0.1, -0.05) is 19.2 Å². The summed E-state index contributed by atoms with van der Waals surface area (Å²) in [7, 11) is 0. The number of aliphatic imine (C=N–C) groups is 1. The van der Waals surface area contributed by atoms with E-state index in [4.69, 9.17) is 5.73 Å². The molecule has 2 heteroatoms. The first-order chi connectivity index (χ1) is 4.72. The van der Waals surface area contributed by atoms with Crippen molar-refractivity contribution in [2.24, 2.45) is 10.7 Å². The Morgan fingerprint density at radius 1 is 1.60 bits per heavy atom. The second-order valence-electron chi connectivity index (χ2n) is 1.73. The number of hydrogen-bond donors (Lipinski definition) is 1. The van der Waals surface area contributed by atoms with E-state index in [1.54, 1.807) is 12.3 Å². The molecule has 0 atom stereocenters. The van der Waals surface area contributed by atoms with Crippen LogP contribution in [0.2, 0.25) is 0 Å². The van der Waals surface area contributed by atoms with Crippen molar-refractivity contribution in [1.29, 1.82) is 0 Å². The SMILES string of the molecule is C=CN=CC(=C)/C(N)=C/C. The van der Waals surface area contributed by atoms with Gasteiger partial charge < -0.3 is 5.73 Å². The van der Waals surface area contributed by atoms with Crippen LogP contribution in [0, 0.1) is 0 Å². The fourth-order valence-corrected chi connectivity index (χ4v) is 0.403. The lowest BCUT2D eigenvalue weighted by Crippen LogP contribution is -1.99. The summed E-state index contributed by atoms with van der Waals surface area (Å²) in [5, 5.41) is 0. The Balaban J connectivity index is 4.10. The topological polar surface area (TPSA) is 38.4 Å². The molecular formula is C8H12N2. The van der Waals surface area contributed by atoms with Crippen LogP contribution < -0.4 is 5.73 Å². The Labute approximate surface area is 61.5 Å². The highest BCUT2D eigenvalue weighted by Gasteiger charge is 1.88. The van der Waals surface area contributed by atoms with E-state index in [9.17, 15) is 0 Å². The van der Waals surface area contributed by atoms with Gasteiger partial charge in [0.15, 0.2) is 0 Å². The van der Waals surface area contributed by atoms with E-state index in [1.807, 2.05) is 6.92 Å². The van der Waals surface area contributed by atoms with Crippen molar-refractivity contribution in [3.63, 3.8) is 0 Å². The largest absolute Gasteiger partial charge is 0.398 e. The minimum Gasteiger partial charge on any atom is -0.398 e. The van der Waals surface area contributed by atoms with Crippen molar-refractivity contribution in [3.8, 4) is 0 Å². The van der Waals surface area contributed by atoms with E-state index in [-0.39, 0.29) is 0 Å². The van der Waals surface area contributed by atoms with Crippen LogP contribution in [0.1, 0.15) is 6.92 Å². The Bertz CT molecular complexity index is 187. The normalized spacial score (nSPS) is 11.9. The molecule has 0 heterocycles. The first-order valence-electron chi connectivity index (χ1n) is 2.97. The maximum atomic E-state index is 5.49.